The number of benzene rings is 1. The molecule has 4 nitrogen and oxygen atoms in total. The summed E-state index contributed by atoms with van der Waals surface area (Å²) in [7, 11) is 0. The molecule has 0 aromatic heterocycles. The molecule has 1 aromatic rings. The van der Waals surface area contributed by atoms with Gasteiger partial charge in [0.1, 0.15) is 0 Å². The third kappa shape index (κ3) is 2.20. The predicted octanol–water partition coefficient (Wildman–Crippen LogP) is 2.01. The quantitative estimate of drug-likeness (QED) is 0.534. The predicted molar refractivity (Wildman–Crippen MR) is 69.4 cm³/mol. The van der Waals surface area contributed by atoms with E-state index in [1.165, 1.54) is 0 Å². The van der Waals surface area contributed by atoms with Crippen LogP contribution >= 0.6 is 0 Å². The summed E-state index contributed by atoms with van der Waals surface area (Å²) in [5.41, 5.74) is 8.18. The van der Waals surface area contributed by atoms with Gasteiger partial charge in [-0.15, -0.1) is 0 Å². The molecule has 0 saturated heterocycles. The monoisotopic (exact) mass is 227 g/mol. The van der Waals surface area contributed by atoms with Crippen LogP contribution in [0.15, 0.2) is 54.9 Å². The minimum atomic E-state index is -0.183. The number of hydrogen-bond acceptors (Lipinski definition) is 3. The number of para-hydroxylation sites is 1. The van der Waals surface area contributed by atoms with Gasteiger partial charge in [0.2, 0.25) is 0 Å². The Morgan fingerprint density at radius 2 is 2.18 bits per heavy atom. The van der Waals surface area contributed by atoms with Crippen LogP contribution in [0, 0.1) is 0 Å². The van der Waals surface area contributed by atoms with Crippen molar-refractivity contribution in [3.05, 3.63) is 60.5 Å². The number of allylic oxidation sites excluding steroid dienone is 3. The maximum atomic E-state index is 11.9. The maximum absolute atomic E-state index is 11.9. The highest BCUT2D eigenvalue weighted by Crippen LogP contribution is 2.25. The first-order valence-corrected chi connectivity index (χ1v) is 5.18. The van der Waals surface area contributed by atoms with E-state index in [0.717, 1.165) is 0 Å². The number of hydrogen-bond donors (Lipinski definition) is 3. The summed E-state index contributed by atoms with van der Waals surface area (Å²) in [4.78, 5) is 11.9. The number of amides is 1. The third-order valence-corrected chi connectivity index (χ3v) is 2.38. The van der Waals surface area contributed by atoms with E-state index in [4.69, 9.17) is 5.73 Å². The second-order valence-electron chi connectivity index (χ2n) is 3.56. The Morgan fingerprint density at radius 1 is 1.35 bits per heavy atom. The zero-order valence-corrected chi connectivity index (χ0v) is 9.23. The zero-order valence-electron chi connectivity index (χ0n) is 9.23. The summed E-state index contributed by atoms with van der Waals surface area (Å²) in [5, 5.41) is 5.79. The second kappa shape index (κ2) is 4.57. The van der Waals surface area contributed by atoms with Crippen LogP contribution in [0.2, 0.25) is 0 Å². The highest BCUT2D eigenvalue weighted by Gasteiger charge is 2.16. The average molecular weight is 227 g/mol. The summed E-state index contributed by atoms with van der Waals surface area (Å²) in [6.45, 7) is 3.57. The largest absolute Gasteiger partial charge is 0.397 e. The van der Waals surface area contributed by atoms with E-state index in [-0.39, 0.29) is 5.91 Å². The molecule has 0 spiro atoms. The number of nitrogen functional groups attached to an aromatic ring is 1. The molecule has 0 saturated carbocycles. The highest BCUT2D eigenvalue weighted by molar-refractivity contribution is 6.04. The lowest BCUT2D eigenvalue weighted by atomic mass is 10.1. The Hall–Kier alpha value is -2.49. The van der Waals surface area contributed by atoms with Gasteiger partial charge < -0.3 is 16.4 Å². The van der Waals surface area contributed by atoms with E-state index in [2.05, 4.69) is 17.2 Å². The van der Waals surface area contributed by atoms with Crippen molar-refractivity contribution in [2.45, 2.75) is 0 Å². The molecule has 0 bridgehead atoms. The molecule has 4 heteroatoms. The summed E-state index contributed by atoms with van der Waals surface area (Å²) >= 11 is 0. The van der Waals surface area contributed by atoms with Crippen molar-refractivity contribution in [3.63, 3.8) is 0 Å². The standard InChI is InChI=1S/C13H13N3O/c1-2-3-5-9-8-15-12-10(13(17)16-9)6-4-7-11(12)14/h2-8,15H,1,14H2,(H,16,17)/b5-3-. The topological polar surface area (TPSA) is 67.1 Å². The van der Waals surface area contributed by atoms with Gasteiger partial charge in [0.25, 0.3) is 5.91 Å². The van der Waals surface area contributed by atoms with Crippen LogP contribution in [0.4, 0.5) is 11.4 Å². The van der Waals surface area contributed by atoms with Crippen molar-refractivity contribution in [3.8, 4) is 0 Å². The average Bonchev–Trinajstić information content (AvgIpc) is 2.48. The van der Waals surface area contributed by atoms with E-state index < -0.39 is 0 Å². The molecule has 0 fully saturated rings. The van der Waals surface area contributed by atoms with Crippen LogP contribution in [0.5, 0.6) is 0 Å². The molecule has 1 heterocycles. The first-order valence-electron chi connectivity index (χ1n) is 5.18. The molecule has 0 radical (unpaired) electrons. The van der Waals surface area contributed by atoms with E-state index in [9.17, 15) is 4.79 Å². The molecule has 1 aliphatic heterocycles. The Labute approximate surface area is 99.5 Å². The third-order valence-electron chi connectivity index (χ3n) is 2.38. The van der Waals surface area contributed by atoms with Gasteiger partial charge in [0.05, 0.1) is 22.6 Å². The lowest BCUT2D eigenvalue weighted by molar-refractivity contribution is 0.0968. The van der Waals surface area contributed by atoms with Crippen molar-refractivity contribution in [2.24, 2.45) is 0 Å². The van der Waals surface area contributed by atoms with E-state index in [0.29, 0.717) is 22.6 Å². The molecule has 0 aliphatic carbocycles. The van der Waals surface area contributed by atoms with Crippen LogP contribution < -0.4 is 16.4 Å². The van der Waals surface area contributed by atoms with Crippen molar-refractivity contribution < 1.29 is 4.79 Å². The molecule has 1 aromatic carbocycles. The number of anilines is 2. The highest BCUT2D eigenvalue weighted by atomic mass is 16.1. The van der Waals surface area contributed by atoms with Gasteiger partial charge in [-0.05, 0) is 18.2 Å². The van der Waals surface area contributed by atoms with Gasteiger partial charge in [0.15, 0.2) is 0 Å². The SMILES string of the molecule is C=C/C=C\C1=CNc2c(N)cccc2C(=O)N1. The molecule has 0 atom stereocenters. The Bertz CT molecular complexity index is 529. The number of rotatable bonds is 2. The number of nitrogens with one attached hydrogen (secondary N) is 2. The van der Waals surface area contributed by atoms with Crippen LogP contribution in [0.3, 0.4) is 0 Å². The van der Waals surface area contributed by atoms with Crippen LogP contribution in [-0.4, -0.2) is 5.91 Å². The van der Waals surface area contributed by atoms with E-state index in [1.807, 2.05) is 0 Å². The Morgan fingerprint density at radius 3 is 2.94 bits per heavy atom. The first kappa shape index (κ1) is 11.0. The van der Waals surface area contributed by atoms with Gasteiger partial charge >= 0.3 is 0 Å². The molecular weight excluding hydrogens is 214 g/mol. The van der Waals surface area contributed by atoms with Crippen LogP contribution in [-0.2, 0) is 0 Å². The molecule has 2 rings (SSSR count). The normalized spacial score (nSPS) is 14.4. The lowest BCUT2D eigenvalue weighted by Crippen LogP contribution is -2.20. The fourth-order valence-corrected chi connectivity index (χ4v) is 1.57. The van der Waals surface area contributed by atoms with E-state index >= 15 is 0 Å². The minimum Gasteiger partial charge on any atom is -0.397 e. The first-order chi connectivity index (χ1) is 8.22. The fourth-order valence-electron chi connectivity index (χ4n) is 1.57. The van der Waals surface area contributed by atoms with Crippen molar-refractivity contribution in [1.82, 2.24) is 5.32 Å². The summed E-state index contributed by atoms with van der Waals surface area (Å²) in [6.07, 6.45) is 6.83. The van der Waals surface area contributed by atoms with Crippen molar-refractivity contribution in [2.75, 3.05) is 11.1 Å². The zero-order chi connectivity index (χ0) is 12.3. The summed E-state index contributed by atoms with van der Waals surface area (Å²) < 4.78 is 0. The summed E-state index contributed by atoms with van der Waals surface area (Å²) in [5.74, 6) is -0.183. The van der Waals surface area contributed by atoms with Crippen LogP contribution in [0.25, 0.3) is 0 Å². The number of carbonyl (C=O) groups excluding carboxylic acids is 1. The maximum Gasteiger partial charge on any atom is 0.257 e. The smallest absolute Gasteiger partial charge is 0.257 e. The molecule has 1 amide bonds. The van der Waals surface area contributed by atoms with Gasteiger partial charge in [-0.1, -0.05) is 24.8 Å². The van der Waals surface area contributed by atoms with Gasteiger partial charge in [-0.25, -0.2) is 0 Å². The molecule has 0 unspecified atom stereocenters. The lowest BCUT2D eigenvalue weighted by Gasteiger charge is -2.07. The minimum absolute atomic E-state index is 0.183. The fraction of sp³-hybridized carbons (Fsp3) is 0. The number of carbonyl (C=O) groups is 1. The molecular formula is C13H13N3O. The van der Waals surface area contributed by atoms with E-state index in [1.54, 1.807) is 42.6 Å². The Balaban J connectivity index is 2.39. The van der Waals surface area contributed by atoms with Gasteiger partial charge in [0, 0.05) is 6.20 Å². The molecule has 4 N–H and O–H groups in total. The van der Waals surface area contributed by atoms with Gasteiger partial charge in [-0.3, -0.25) is 4.79 Å². The number of fused-ring (bicyclic) bond motifs is 1. The Kier molecular flexibility index (Phi) is 2.96. The molecule has 86 valence electrons. The van der Waals surface area contributed by atoms with Crippen molar-refractivity contribution >= 4 is 17.3 Å². The van der Waals surface area contributed by atoms with Crippen LogP contribution in [0.1, 0.15) is 10.4 Å². The van der Waals surface area contributed by atoms with Crippen molar-refractivity contribution in [1.29, 1.82) is 0 Å². The second-order valence-corrected chi connectivity index (χ2v) is 3.56. The molecule has 1 aliphatic rings. The summed E-state index contributed by atoms with van der Waals surface area (Å²) in [6, 6.07) is 5.22. The number of nitrogens with two attached hydrogens (primary N) is 1. The van der Waals surface area contributed by atoms with Gasteiger partial charge in [-0.2, -0.15) is 0 Å². The molecule has 17 heavy (non-hydrogen) atoms.